The predicted molar refractivity (Wildman–Crippen MR) is 151 cm³/mol. The molecule has 0 bridgehead atoms. The van der Waals surface area contributed by atoms with Crippen LogP contribution in [-0.4, -0.2) is 92.0 Å². The Hall–Kier alpha value is -4.65. The van der Waals surface area contributed by atoms with E-state index in [1.807, 2.05) is 37.4 Å². The van der Waals surface area contributed by atoms with Gasteiger partial charge in [-0.15, -0.1) is 0 Å². The quantitative estimate of drug-likeness (QED) is 0.135. The molecule has 218 valence electrons. The summed E-state index contributed by atoms with van der Waals surface area (Å²) in [7, 11) is 1.99. The highest BCUT2D eigenvalue weighted by Gasteiger charge is 2.33. The molecule has 2 aliphatic heterocycles. The SMILES string of the molecule is CN1CCN(C(=O)ON=C(N)c2ccc(N3CCC(NC(=O)NCCC(=O)OCc4ccccc4)C3=O)cc2)CC1. The number of amides is 4. The van der Waals surface area contributed by atoms with Crippen LogP contribution in [0.4, 0.5) is 15.3 Å². The fourth-order valence-corrected chi connectivity index (χ4v) is 4.37. The number of carbonyl (C=O) groups excluding carboxylic acids is 4. The van der Waals surface area contributed by atoms with Crippen molar-refractivity contribution in [2.45, 2.75) is 25.5 Å². The molecule has 0 spiro atoms. The van der Waals surface area contributed by atoms with Gasteiger partial charge in [0.1, 0.15) is 12.6 Å². The van der Waals surface area contributed by atoms with E-state index in [-0.39, 0.29) is 31.3 Å². The maximum atomic E-state index is 12.9. The number of urea groups is 1. The molecule has 0 aromatic heterocycles. The third kappa shape index (κ3) is 8.42. The lowest BCUT2D eigenvalue weighted by molar-refractivity contribution is -0.144. The van der Waals surface area contributed by atoms with Crippen LogP contribution in [0, 0.1) is 0 Å². The van der Waals surface area contributed by atoms with Crippen LogP contribution in [0.3, 0.4) is 0 Å². The van der Waals surface area contributed by atoms with E-state index < -0.39 is 24.1 Å². The average molecular weight is 566 g/mol. The Bertz CT molecular complexity index is 1250. The van der Waals surface area contributed by atoms with Crippen LogP contribution in [0.5, 0.6) is 0 Å². The van der Waals surface area contributed by atoms with Crippen molar-refractivity contribution in [3.8, 4) is 0 Å². The van der Waals surface area contributed by atoms with Crippen molar-refractivity contribution in [2.75, 3.05) is 51.2 Å². The Labute approximate surface area is 238 Å². The highest BCUT2D eigenvalue weighted by atomic mass is 16.7. The van der Waals surface area contributed by atoms with Crippen molar-refractivity contribution < 1.29 is 28.8 Å². The average Bonchev–Trinajstić information content (AvgIpc) is 3.34. The van der Waals surface area contributed by atoms with E-state index in [1.54, 1.807) is 34.1 Å². The lowest BCUT2D eigenvalue weighted by Gasteiger charge is -2.30. The van der Waals surface area contributed by atoms with Gasteiger partial charge < -0.3 is 35.8 Å². The van der Waals surface area contributed by atoms with Crippen LogP contribution in [0.25, 0.3) is 0 Å². The molecule has 1 atom stereocenters. The summed E-state index contributed by atoms with van der Waals surface area (Å²) in [5.74, 6) is -0.649. The van der Waals surface area contributed by atoms with E-state index in [1.165, 1.54) is 0 Å². The first-order valence-corrected chi connectivity index (χ1v) is 13.4. The summed E-state index contributed by atoms with van der Waals surface area (Å²) < 4.78 is 5.19. The number of amidine groups is 1. The summed E-state index contributed by atoms with van der Waals surface area (Å²) in [6.45, 7) is 3.31. The minimum Gasteiger partial charge on any atom is -0.461 e. The largest absolute Gasteiger partial charge is 0.461 e. The molecular weight excluding hydrogens is 530 g/mol. The molecule has 4 N–H and O–H groups in total. The van der Waals surface area contributed by atoms with Crippen molar-refractivity contribution in [1.82, 2.24) is 20.4 Å². The van der Waals surface area contributed by atoms with Gasteiger partial charge in [0.2, 0.25) is 5.91 Å². The molecule has 2 aromatic carbocycles. The van der Waals surface area contributed by atoms with Gasteiger partial charge in [-0.1, -0.05) is 35.5 Å². The molecular formula is C28H35N7O6. The number of likely N-dealkylation sites (N-methyl/N-ethyl adjacent to an activating group) is 1. The molecule has 2 aliphatic rings. The molecule has 0 aliphatic carbocycles. The van der Waals surface area contributed by atoms with Crippen molar-refractivity contribution in [1.29, 1.82) is 0 Å². The third-order valence-electron chi connectivity index (χ3n) is 6.83. The fourth-order valence-electron chi connectivity index (χ4n) is 4.37. The van der Waals surface area contributed by atoms with Gasteiger partial charge in [0.15, 0.2) is 5.84 Å². The Kier molecular flexibility index (Phi) is 10.1. The number of nitrogens with zero attached hydrogens (tertiary/aromatic N) is 4. The molecule has 4 amide bonds. The number of rotatable bonds is 9. The highest BCUT2D eigenvalue weighted by molar-refractivity contribution is 6.02. The van der Waals surface area contributed by atoms with E-state index in [9.17, 15) is 19.2 Å². The van der Waals surface area contributed by atoms with Crippen molar-refractivity contribution in [2.24, 2.45) is 10.9 Å². The minimum absolute atomic E-state index is 0.0127. The first-order chi connectivity index (χ1) is 19.8. The molecule has 2 aromatic rings. The maximum absolute atomic E-state index is 12.9. The normalized spacial score (nSPS) is 17.7. The predicted octanol–water partition coefficient (Wildman–Crippen LogP) is 1.23. The topological polar surface area (TPSA) is 159 Å². The molecule has 0 radical (unpaired) electrons. The van der Waals surface area contributed by atoms with Crippen LogP contribution >= 0.6 is 0 Å². The number of oxime groups is 1. The van der Waals surface area contributed by atoms with Crippen LogP contribution in [0.1, 0.15) is 24.0 Å². The number of esters is 1. The fraction of sp³-hybridized carbons (Fsp3) is 0.393. The number of hydrogen-bond donors (Lipinski definition) is 3. The van der Waals surface area contributed by atoms with Gasteiger partial charge in [0.05, 0.1) is 6.42 Å². The Balaban J connectivity index is 1.18. The van der Waals surface area contributed by atoms with Crippen LogP contribution < -0.4 is 21.3 Å². The molecule has 41 heavy (non-hydrogen) atoms. The van der Waals surface area contributed by atoms with Gasteiger partial charge >= 0.3 is 18.1 Å². The zero-order valence-electron chi connectivity index (χ0n) is 23.0. The highest BCUT2D eigenvalue weighted by Crippen LogP contribution is 2.22. The minimum atomic E-state index is -0.694. The summed E-state index contributed by atoms with van der Waals surface area (Å²) in [6.07, 6.45) is -0.108. The molecule has 2 heterocycles. The van der Waals surface area contributed by atoms with Crippen molar-refractivity contribution in [3.05, 3.63) is 65.7 Å². The van der Waals surface area contributed by atoms with Crippen LogP contribution in [-0.2, 0) is 25.8 Å². The second kappa shape index (κ2) is 14.1. The van der Waals surface area contributed by atoms with Gasteiger partial charge in [0.25, 0.3) is 0 Å². The van der Waals surface area contributed by atoms with Crippen LogP contribution in [0.15, 0.2) is 59.8 Å². The van der Waals surface area contributed by atoms with E-state index in [4.69, 9.17) is 15.3 Å². The number of carbonyl (C=O) groups is 4. The second-order valence-electron chi connectivity index (χ2n) is 9.80. The van der Waals surface area contributed by atoms with Gasteiger partial charge in [-0.3, -0.25) is 14.4 Å². The number of nitrogens with one attached hydrogen (secondary N) is 2. The Morgan fingerprint density at radius 1 is 1.00 bits per heavy atom. The van der Waals surface area contributed by atoms with E-state index in [0.29, 0.717) is 37.3 Å². The zero-order valence-corrected chi connectivity index (χ0v) is 23.0. The summed E-state index contributed by atoms with van der Waals surface area (Å²) in [4.78, 5) is 59.6. The smallest absolute Gasteiger partial charge is 0.436 e. The van der Waals surface area contributed by atoms with Crippen molar-refractivity contribution in [3.63, 3.8) is 0 Å². The zero-order chi connectivity index (χ0) is 29.2. The summed E-state index contributed by atoms with van der Waals surface area (Å²) in [6, 6.07) is 14.8. The lowest BCUT2D eigenvalue weighted by atomic mass is 10.2. The molecule has 4 rings (SSSR count). The van der Waals surface area contributed by atoms with Gasteiger partial charge in [0, 0.05) is 50.5 Å². The lowest BCUT2D eigenvalue weighted by Crippen LogP contribution is -2.47. The monoisotopic (exact) mass is 565 g/mol. The van der Waals surface area contributed by atoms with E-state index in [0.717, 1.165) is 18.7 Å². The first kappa shape index (κ1) is 29.3. The molecule has 0 saturated carbocycles. The number of ether oxygens (including phenoxy) is 1. The second-order valence-corrected chi connectivity index (χ2v) is 9.80. The Morgan fingerprint density at radius 2 is 1.71 bits per heavy atom. The summed E-state index contributed by atoms with van der Waals surface area (Å²) in [5, 5.41) is 9.01. The number of nitrogens with two attached hydrogens (primary N) is 1. The first-order valence-electron chi connectivity index (χ1n) is 13.4. The number of piperazine rings is 1. The number of hydrogen-bond acceptors (Lipinski definition) is 8. The molecule has 13 heteroatoms. The van der Waals surface area contributed by atoms with E-state index >= 15 is 0 Å². The van der Waals surface area contributed by atoms with Gasteiger partial charge in [-0.2, -0.15) is 0 Å². The van der Waals surface area contributed by atoms with Gasteiger partial charge in [-0.25, -0.2) is 9.59 Å². The third-order valence-corrected chi connectivity index (χ3v) is 6.83. The number of benzene rings is 2. The van der Waals surface area contributed by atoms with Gasteiger partial charge in [-0.05, 0) is 43.3 Å². The van der Waals surface area contributed by atoms with Crippen molar-refractivity contribution >= 4 is 35.5 Å². The molecule has 13 nitrogen and oxygen atoms in total. The molecule has 1 unspecified atom stereocenters. The molecule has 2 fully saturated rings. The standard InChI is InChI=1S/C28H35N7O6/c1-33-15-17-34(18-16-33)28(39)41-32-25(29)21-7-9-22(10-8-21)35-14-12-23(26(35)37)31-27(38)30-13-11-24(36)40-19-20-5-3-2-4-6-20/h2-10,23H,11-19H2,1H3,(H2,29,32)(H2,30,31,38). The Morgan fingerprint density at radius 3 is 2.41 bits per heavy atom. The maximum Gasteiger partial charge on any atom is 0.436 e. The number of anilines is 1. The summed E-state index contributed by atoms with van der Waals surface area (Å²) in [5.41, 5.74) is 8.03. The van der Waals surface area contributed by atoms with E-state index in [2.05, 4.69) is 20.7 Å². The molecule has 2 saturated heterocycles. The van der Waals surface area contributed by atoms with Crippen LogP contribution in [0.2, 0.25) is 0 Å². The summed E-state index contributed by atoms with van der Waals surface area (Å²) >= 11 is 0.